The lowest BCUT2D eigenvalue weighted by Crippen LogP contribution is -2.40. The molecular formula is C15H20N4O2. The molecule has 0 aromatic carbocycles. The molecule has 1 unspecified atom stereocenters. The van der Waals surface area contributed by atoms with Gasteiger partial charge in [-0.25, -0.2) is 4.98 Å². The third-order valence-corrected chi connectivity index (χ3v) is 4.09. The molecule has 0 radical (unpaired) electrons. The first-order chi connectivity index (χ1) is 10.2. The highest BCUT2D eigenvalue weighted by atomic mass is 16.2. The molecular weight excluding hydrogens is 268 g/mol. The summed E-state index contributed by atoms with van der Waals surface area (Å²) in [6, 6.07) is 3.72. The normalized spacial score (nSPS) is 22.0. The molecule has 1 aromatic rings. The first kappa shape index (κ1) is 13.9. The van der Waals surface area contributed by atoms with E-state index in [-0.39, 0.29) is 17.7 Å². The largest absolute Gasteiger partial charge is 0.355 e. The highest BCUT2D eigenvalue weighted by Gasteiger charge is 2.26. The van der Waals surface area contributed by atoms with E-state index < -0.39 is 0 Å². The lowest BCUT2D eigenvalue weighted by atomic mass is 9.98. The maximum Gasteiger partial charge on any atom is 0.229 e. The number of hydrogen-bond acceptors (Lipinski definition) is 4. The highest BCUT2D eigenvalue weighted by molar-refractivity contribution is 5.96. The van der Waals surface area contributed by atoms with Crippen LogP contribution in [0.2, 0.25) is 0 Å². The molecule has 2 N–H and O–H groups in total. The number of pyridine rings is 1. The number of nitrogens with one attached hydrogen (secondary N) is 2. The molecule has 2 aliphatic rings. The average Bonchev–Trinajstić information content (AvgIpc) is 3.02. The van der Waals surface area contributed by atoms with E-state index in [0.29, 0.717) is 19.4 Å². The van der Waals surface area contributed by atoms with E-state index in [9.17, 15) is 9.59 Å². The Morgan fingerprint density at radius 2 is 2.19 bits per heavy atom. The minimum absolute atomic E-state index is 0.0261. The fraction of sp³-hybridized carbons (Fsp3) is 0.533. The SMILES string of the molecule is O=C1CCC(C(=O)Nc2cccnc2N2CCCC2)CN1. The molecule has 0 saturated carbocycles. The number of carbonyl (C=O) groups excluding carboxylic acids is 2. The van der Waals surface area contributed by atoms with Gasteiger partial charge < -0.3 is 15.5 Å². The van der Waals surface area contributed by atoms with Gasteiger partial charge in [0.1, 0.15) is 0 Å². The number of carbonyl (C=O) groups is 2. The molecule has 0 bridgehead atoms. The Kier molecular flexibility index (Phi) is 4.03. The third kappa shape index (κ3) is 3.15. The van der Waals surface area contributed by atoms with Gasteiger partial charge in [-0.2, -0.15) is 0 Å². The maximum atomic E-state index is 12.3. The molecule has 2 aliphatic heterocycles. The van der Waals surface area contributed by atoms with Crippen LogP contribution < -0.4 is 15.5 Å². The Hall–Kier alpha value is -2.11. The van der Waals surface area contributed by atoms with Crippen molar-refractivity contribution in [2.75, 3.05) is 29.9 Å². The van der Waals surface area contributed by atoms with Crippen LogP contribution in [0, 0.1) is 5.92 Å². The standard InChI is InChI=1S/C15H20N4O2/c20-13-6-5-11(10-17-13)15(21)18-12-4-3-7-16-14(12)19-8-1-2-9-19/h3-4,7,11H,1-2,5-6,8-10H2,(H,17,20)(H,18,21). The van der Waals surface area contributed by atoms with Gasteiger partial charge in [-0.3, -0.25) is 9.59 Å². The van der Waals surface area contributed by atoms with E-state index in [1.165, 1.54) is 12.8 Å². The topological polar surface area (TPSA) is 74.3 Å². The summed E-state index contributed by atoms with van der Waals surface area (Å²) in [5.74, 6) is 0.680. The molecule has 3 rings (SSSR count). The van der Waals surface area contributed by atoms with E-state index in [2.05, 4.69) is 20.5 Å². The van der Waals surface area contributed by atoms with Crippen LogP contribution in [0.4, 0.5) is 11.5 Å². The fourth-order valence-corrected chi connectivity index (χ4v) is 2.87. The van der Waals surface area contributed by atoms with Crippen molar-refractivity contribution in [3.8, 4) is 0 Å². The van der Waals surface area contributed by atoms with Crippen molar-refractivity contribution < 1.29 is 9.59 Å². The zero-order valence-corrected chi connectivity index (χ0v) is 12.0. The molecule has 2 saturated heterocycles. The van der Waals surface area contributed by atoms with Gasteiger partial charge in [0.15, 0.2) is 5.82 Å². The van der Waals surface area contributed by atoms with Crippen LogP contribution in [-0.4, -0.2) is 36.4 Å². The predicted octanol–water partition coefficient (Wildman–Crippen LogP) is 1.15. The number of amides is 2. The van der Waals surface area contributed by atoms with Crippen molar-refractivity contribution in [2.45, 2.75) is 25.7 Å². The molecule has 0 spiro atoms. The third-order valence-electron chi connectivity index (χ3n) is 4.09. The summed E-state index contributed by atoms with van der Waals surface area (Å²) < 4.78 is 0. The smallest absolute Gasteiger partial charge is 0.229 e. The molecule has 112 valence electrons. The van der Waals surface area contributed by atoms with Crippen molar-refractivity contribution in [3.05, 3.63) is 18.3 Å². The molecule has 2 amide bonds. The summed E-state index contributed by atoms with van der Waals surface area (Å²) in [6.07, 6.45) is 5.11. The Bertz CT molecular complexity index is 530. The maximum absolute atomic E-state index is 12.3. The van der Waals surface area contributed by atoms with Crippen molar-refractivity contribution in [1.82, 2.24) is 10.3 Å². The molecule has 6 heteroatoms. The van der Waals surface area contributed by atoms with Gasteiger partial charge in [-0.1, -0.05) is 0 Å². The zero-order chi connectivity index (χ0) is 14.7. The lowest BCUT2D eigenvalue weighted by molar-refractivity contribution is -0.126. The van der Waals surface area contributed by atoms with Gasteiger partial charge in [-0.05, 0) is 31.4 Å². The van der Waals surface area contributed by atoms with Crippen molar-refractivity contribution in [1.29, 1.82) is 0 Å². The van der Waals surface area contributed by atoms with Crippen LogP contribution in [0.15, 0.2) is 18.3 Å². The van der Waals surface area contributed by atoms with Gasteiger partial charge >= 0.3 is 0 Å². The van der Waals surface area contributed by atoms with E-state index in [1.807, 2.05) is 12.1 Å². The van der Waals surface area contributed by atoms with Crippen molar-refractivity contribution in [3.63, 3.8) is 0 Å². The average molecular weight is 288 g/mol. The summed E-state index contributed by atoms with van der Waals surface area (Å²) in [4.78, 5) is 30.1. The van der Waals surface area contributed by atoms with Gasteiger partial charge in [0.05, 0.1) is 11.6 Å². The lowest BCUT2D eigenvalue weighted by Gasteiger charge is -2.24. The van der Waals surface area contributed by atoms with Crippen molar-refractivity contribution >= 4 is 23.3 Å². The quantitative estimate of drug-likeness (QED) is 0.875. The van der Waals surface area contributed by atoms with E-state index >= 15 is 0 Å². The highest BCUT2D eigenvalue weighted by Crippen LogP contribution is 2.27. The summed E-state index contributed by atoms with van der Waals surface area (Å²) in [5.41, 5.74) is 0.765. The number of aromatic nitrogens is 1. The van der Waals surface area contributed by atoms with Crippen LogP contribution in [0.25, 0.3) is 0 Å². The first-order valence-corrected chi connectivity index (χ1v) is 7.51. The van der Waals surface area contributed by atoms with E-state index in [4.69, 9.17) is 0 Å². The monoisotopic (exact) mass is 288 g/mol. The minimum Gasteiger partial charge on any atom is -0.355 e. The van der Waals surface area contributed by atoms with Gasteiger partial charge in [-0.15, -0.1) is 0 Å². The van der Waals surface area contributed by atoms with E-state index in [0.717, 1.165) is 24.6 Å². The molecule has 3 heterocycles. The second-order valence-electron chi connectivity index (χ2n) is 5.60. The molecule has 2 fully saturated rings. The number of anilines is 2. The van der Waals surface area contributed by atoms with Crippen LogP contribution >= 0.6 is 0 Å². The summed E-state index contributed by atoms with van der Waals surface area (Å²) in [5, 5.41) is 5.72. The molecule has 0 aliphatic carbocycles. The molecule has 1 aromatic heterocycles. The molecule has 21 heavy (non-hydrogen) atoms. The predicted molar refractivity (Wildman–Crippen MR) is 80.0 cm³/mol. The van der Waals surface area contributed by atoms with Crippen LogP contribution in [0.5, 0.6) is 0 Å². The molecule has 6 nitrogen and oxygen atoms in total. The first-order valence-electron chi connectivity index (χ1n) is 7.51. The summed E-state index contributed by atoms with van der Waals surface area (Å²) >= 11 is 0. The molecule has 1 atom stereocenters. The van der Waals surface area contributed by atoms with Gasteiger partial charge in [0, 0.05) is 32.3 Å². The summed E-state index contributed by atoms with van der Waals surface area (Å²) in [7, 11) is 0. The van der Waals surface area contributed by atoms with Crippen molar-refractivity contribution in [2.24, 2.45) is 5.92 Å². The van der Waals surface area contributed by atoms with Crippen LogP contribution in [-0.2, 0) is 9.59 Å². The van der Waals surface area contributed by atoms with Gasteiger partial charge in [0.25, 0.3) is 0 Å². The Morgan fingerprint density at radius 1 is 1.38 bits per heavy atom. The van der Waals surface area contributed by atoms with E-state index in [1.54, 1.807) is 6.20 Å². The minimum atomic E-state index is -0.158. The van der Waals surface area contributed by atoms with Gasteiger partial charge in [0.2, 0.25) is 11.8 Å². The second kappa shape index (κ2) is 6.11. The number of piperidine rings is 1. The zero-order valence-electron chi connectivity index (χ0n) is 12.0. The number of hydrogen-bond donors (Lipinski definition) is 2. The second-order valence-corrected chi connectivity index (χ2v) is 5.60. The van der Waals surface area contributed by atoms with Crippen LogP contribution in [0.1, 0.15) is 25.7 Å². The Labute approximate surface area is 123 Å². The van der Waals surface area contributed by atoms with Crippen LogP contribution in [0.3, 0.4) is 0 Å². The summed E-state index contributed by atoms with van der Waals surface area (Å²) in [6.45, 7) is 2.39. The number of nitrogens with zero attached hydrogens (tertiary/aromatic N) is 2. The fourth-order valence-electron chi connectivity index (χ4n) is 2.87. The Morgan fingerprint density at radius 3 is 2.90 bits per heavy atom. The number of rotatable bonds is 3. The Balaban J connectivity index is 1.69.